The number of methoxy groups -OCH3 is 1. The summed E-state index contributed by atoms with van der Waals surface area (Å²) in [6.07, 6.45) is 0.699. The minimum Gasteiger partial charge on any atom is -0.494 e. The Morgan fingerprint density at radius 3 is 2.74 bits per heavy atom. The fourth-order valence-corrected chi connectivity index (χ4v) is 3.55. The van der Waals surface area contributed by atoms with E-state index in [1.54, 1.807) is 0 Å². The molecule has 0 amide bonds. The van der Waals surface area contributed by atoms with Gasteiger partial charge in [0.15, 0.2) is 11.6 Å². The highest BCUT2D eigenvalue weighted by Gasteiger charge is 2.33. The molecule has 19 heavy (non-hydrogen) atoms. The van der Waals surface area contributed by atoms with Crippen LogP contribution in [-0.4, -0.2) is 34.2 Å². The standard InChI is InChI=1S/C12H17FN2O3S/c1-12(5-6-14-8-12)15-19(16,17)9-3-4-11(18-2)10(13)7-9/h3-4,7,14-15H,5-6,8H2,1-2H3. The number of benzene rings is 1. The molecule has 7 heteroatoms. The molecule has 1 fully saturated rings. The Hall–Kier alpha value is -1.18. The van der Waals surface area contributed by atoms with Crippen LogP contribution < -0.4 is 14.8 Å². The SMILES string of the molecule is COc1ccc(S(=O)(=O)NC2(C)CCNC2)cc1F. The monoisotopic (exact) mass is 288 g/mol. The van der Waals surface area contributed by atoms with Gasteiger partial charge < -0.3 is 10.1 Å². The van der Waals surface area contributed by atoms with Gasteiger partial charge in [-0.3, -0.25) is 0 Å². The van der Waals surface area contributed by atoms with Crippen molar-refractivity contribution in [1.82, 2.24) is 10.0 Å². The molecule has 0 aliphatic carbocycles. The molecule has 0 radical (unpaired) electrons. The second kappa shape index (κ2) is 5.07. The molecular formula is C12H17FN2O3S. The minimum atomic E-state index is -3.74. The van der Waals surface area contributed by atoms with Crippen molar-refractivity contribution in [1.29, 1.82) is 0 Å². The van der Waals surface area contributed by atoms with Gasteiger partial charge in [0.1, 0.15) is 0 Å². The summed E-state index contributed by atoms with van der Waals surface area (Å²) in [5.41, 5.74) is -0.533. The van der Waals surface area contributed by atoms with Gasteiger partial charge >= 0.3 is 0 Å². The van der Waals surface area contributed by atoms with Crippen LogP contribution in [0.25, 0.3) is 0 Å². The molecule has 1 heterocycles. The zero-order valence-electron chi connectivity index (χ0n) is 10.9. The maximum absolute atomic E-state index is 13.6. The highest BCUT2D eigenvalue weighted by atomic mass is 32.2. The van der Waals surface area contributed by atoms with E-state index in [1.165, 1.54) is 19.2 Å². The van der Waals surface area contributed by atoms with Crippen molar-refractivity contribution in [3.8, 4) is 5.75 Å². The normalized spacial score (nSPS) is 23.5. The number of nitrogens with one attached hydrogen (secondary N) is 2. The predicted octanol–water partition coefficient (Wildman–Crippen LogP) is 0.865. The molecule has 0 bridgehead atoms. The molecule has 1 saturated heterocycles. The molecule has 1 aliphatic heterocycles. The zero-order valence-corrected chi connectivity index (χ0v) is 11.7. The summed E-state index contributed by atoms with van der Waals surface area (Å²) in [4.78, 5) is -0.0982. The summed E-state index contributed by atoms with van der Waals surface area (Å²) in [6.45, 7) is 3.14. The molecule has 0 spiro atoms. The van der Waals surface area contributed by atoms with Crippen LogP contribution in [0.2, 0.25) is 0 Å². The van der Waals surface area contributed by atoms with Crippen LogP contribution in [0.1, 0.15) is 13.3 Å². The van der Waals surface area contributed by atoms with Crippen molar-refractivity contribution in [3.63, 3.8) is 0 Å². The highest BCUT2D eigenvalue weighted by Crippen LogP contribution is 2.23. The van der Waals surface area contributed by atoms with E-state index in [-0.39, 0.29) is 10.6 Å². The van der Waals surface area contributed by atoms with E-state index in [0.29, 0.717) is 13.0 Å². The van der Waals surface area contributed by atoms with Gasteiger partial charge in [0.2, 0.25) is 10.0 Å². The van der Waals surface area contributed by atoms with E-state index in [9.17, 15) is 12.8 Å². The van der Waals surface area contributed by atoms with E-state index < -0.39 is 21.4 Å². The Labute approximate surface area is 112 Å². The predicted molar refractivity (Wildman–Crippen MR) is 69.2 cm³/mol. The van der Waals surface area contributed by atoms with Crippen LogP contribution in [0.4, 0.5) is 4.39 Å². The topological polar surface area (TPSA) is 67.4 Å². The zero-order chi connectivity index (χ0) is 14.1. The maximum atomic E-state index is 13.6. The second-order valence-electron chi connectivity index (χ2n) is 4.89. The van der Waals surface area contributed by atoms with E-state index in [0.717, 1.165) is 12.6 Å². The van der Waals surface area contributed by atoms with Gasteiger partial charge in [-0.25, -0.2) is 17.5 Å². The Bertz CT molecular complexity index is 568. The summed E-state index contributed by atoms with van der Waals surface area (Å²) in [6, 6.07) is 3.60. The van der Waals surface area contributed by atoms with Gasteiger partial charge in [-0.05, 0) is 38.1 Å². The van der Waals surface area contributed by atoms with Gasteiger partial charge in [-0.2, -0.15) is 0 Å². The molecule has 1 aliphatic rings. The smallest absolute Gasteiger partial charge is 0.241 e. The van der Waals surface area contributed by atoms with Crippen LogP contribution in [0.15, 0.2) is 23.1 Å². The van der Waals surface area contributed by atoms with Crippen molar-refractivity contribution >= 4 is 10.0 Å². The largest absolute Gasteiger partial charge is 0.494 e. The molecule has 1 unspecified atom stereocenters. The first kappa shape index (κ1) is 14.2. The molecule has 1 aromatic rings. The van der Waals surface area contributed by atoms with Gasteiger partial charge in [0.05, 0.1) is 12.0 Å². The summed E-state index contributed by atoms with van der Waals surface area (Å²) in [7, 11) is -2.41. The molecule has 5 nitrogen and oxygen atoms in total. The van der Waals surface area contributed by atoms with Crippen LogP contribution in [-0.2, 0) is 10.0 Å². The number of ether oxygens (including phenoxy) is 1. The van der Waals surface area contributed by atoms with E-state index in [2.05, 4.69) is 10.0 Å². The Morgan fingerprint density at radius 1 is 1.47 bits per heavy atom. The van der Waals surface area contributed by atoms with Crippen LogP contribution in [0.5, 0.6) is 5.75 Å². The lowest BCUT2D eigenvalue weighted by molar-refractivity contribution is 0.385. The average molecular weight is 288 g/mol. The Kier molecular flexibility index (Phi) is 3.80. The molecule has 1 aromatic carbocycles. The van der Waals surface area contributed by atoms with Crippen molar-refractivity contribution in [2.45, 2.75) is 23.8 Å². The third kappa shape index (κ3) is 3.05. The lowest BCUT2D eigenvalue weighted by Gasteiger charge is -2.24. The first-order chi connectivity index (χ1) is 8.86. The average Bonchev–Trinajstić information content (AvgIpc) is 2.74. The molecule has 106 valence electrons. The lowest BCUT2D eigenvalue weighted by Crippen LogP contribution is -2.47. The van der Waals surface area contributed by atoms with Crippen LogP contribution in [0.3, 0.4) is 0 Å². The van der Waals surface area contributed by atoms with Crippen LogP contribution >= 0.6 is 0 Å². The highest BCUT2D eigenvalue weighted by molar-refractivity contribution is 7.89. The minimum absolute atomic E-state index is 0.0210. The fraction of sp³-hybridized carbons (Fsp3) is 0.500. The van der Waals surface area contributed by atoms with Crippen LogP contribution in [0, 0.1) is 5.82 Å². The fourth-order valence-electron chi connectivity index (χ4n) is 2.10. The third-order valence-corrected chi connectivity index (χ3v) is 4.82. The quantitative estimate of drug-likeness (QED) is 0.862. The van der Waals surface area contributed by atoms with Gasteiger partial charge in [0, 0.05) is 12.1 Å². The number of sulfonamides is 1. The molecule has 2 rings (SSSR count). The van der Waals surface area contributed by atoms with Crippen molar-refractivity contribution in [3.05, 3.63) is 24.0 Å². The van der Waals surface area contributed by atoms with Crippen molar-refractivity contribution in [2.24, 2.45) is 0 Å². The number of hydrogen-bond acceptors (Lipinski definition) is 4. The molecule has 0 aromatic heterocycles. The van der Waals surface area contributed by atoms with Crippen molar-refractivity contribution < 1.29 is 17.5 Å². The summed E-state index contributed by atoms with van der Waals surface area (Å²) >= 11 is 0. The van der Waals surface area contributed by atoms with Gasteiger partial charge in [-0.1, -0.05) is 0 Å². The summed E-state index contributed by atoms with van der Waals surface area (Å²) in [5, 5.41) is 3.10. The summed E-state index contributed by atoms with van der Waals surface area (Å²) in [5.74, 6) is -0.673. The third-order valence-electron chi connectivity index (χ3n) is 3.18. The first-order valence-electron chi connectivity index (χ1n) is 5.95. The molecular weight excluding hydrogens is 271 g/mol. The second-order valence-corrected chi connectivity index (χ2v) is 6.57. The van der Waals surface area contributed by atoms with E-state index in [1.807, 2.05) is 6.92 Å². The molecule has 1 atom stereocenters. The lowest BCUT2D eigenvalue weighted by atomic mass is 10.0. The Balaban J connectivity index is 2.27. The number of halogens is 1. The Morgan fingerprint density at radius 2 is 2.21 bits per heavy atom. The van der Waals surface area contributed by atoms with E-state index in [4.69, 9.17) is 4.74 Å². The molecule has 0 saturated carbocycles. The number of rotatable bonds is 4. The maximum Gasteiger partial charge on any atom is 0.241 e. The first-order valence-corrected chi connectivity index (χ1v) is 7.43. The van der Waals surface area contributed by atoms with Gasteiger partial charge in [0.25, 0.3) is 0 Å². The summed E-state index contributed by atoms with van der Waals surface area (Å²) < 4.78 is 45.3. The molecule has 2 N–H and O–H groups in total. The van der Waals surface area contributed by atoms with Crippen molar-refractivity contribution in [2.75, 3.05) is 20.2 Å². The van der Waals surface area contributed by atoms with Gasteiger partial charge in [-0.15, -0.1) is 0 Å². The number of hydrogen-bond donors (Lipinski definition) is 2. The van der Waals surface area contributed by atoms with E-state index >= 15 is 0 Å².